The second kappa shape index (κ2) is 4.20. The lowest BCUT2D eigenvalue weighted by Gasteiger charge is -2.26. The zero-order valence-corrected chi connectivity index (χ0v) is 11.3. The van der Waals surface area contributed by atoms with E-state index >= 15 is 0 Å². The van der Waals surface area contributed by atoms with Crippen LogP contribution in [0.25, 0.3) is 11.1 Å². The summed E-state index contributed by atoms with van der Waals surface area (Å²) in [7, 11) is 0. The van der Waals surface area contributed by atoms with Gasteiger partial charge in [-0.25, -0.2) is 0 Å². The van der Waals surface area contributed by atoms with Gasteiger partial charge in [0.2, 0.25) is 0 Å². The van der Waals surface area contributed by atoms with Crippen molar-refractivity contribution in [3.63, 3.8) is 0 Å². The average Bonchev–Trinajstić information content (AvgIpc) is 2.67. The highest BCUT2D eigenvalue weighted by atomic mass is 14.7. The van der Waals surface area contributed by atoms with Crippen LogP contribution in [-0.2, 0) is 5.41 Å². The number of pyridine rings is 1. The molecule has 0 amide bonds. The number of aryl methyl sites for hydroxylation is 1. The van der Waals surface area contributed by atoms with Crippen LogP contribution in [0.3, 0.4) is 0 Å². The molecule has 1 aromatic carbocycles. The van der Waals surface area contributed by atoms with E-state index in [4.69, 9.17) is 5.26 Å². The molecule has 2 aromatic rings. The lowest BCUT2D eigenvalue weighted by atomic mass is 9.77. The van der Waals surface area contributed by atoms with Crippen molar-refractivity contribution in [2.75, 3.05) is 0 Å². The Bertz CT molecular complexity index is 682. The third-order valence-corrected chi connectivity index (χ3v) is 4.18. The topological polar surface area (TPSA) is 36.7 Å². The maximum Gasteiger partial charge on any atom is 0.0622 e. The fraction of sp³-hybridized carbons (Fsp3) is 0.294. The molecular weight excluding hydrogens is 232 g/mol. The van der Waals surface area contributed by atoms with Gasteiger partial charge < -0.3 is 0 Å². The standard InChI is InChI=1S/C17H16N2/c1-12-10-14-13-6-3-4-7-15(13)17(2,8-5-9-18)16(14)11-19-12/h3-4,6-7,10-11H,5,8H2,1-2H3. The van der Waals surface area contributed by atoms with Crippen LogP contribution >= 0.6 is 0 Å². The summed E-state index contributed by atoms with van der Waals surface area (Å²) in [5, 5.41) is 8.92. The van der Waals surface area contributed by atoms with Gasteiger partial charge in [-0.2, -0.15) is 5.26 Å². The minimum atomic E-state index is -0.0810. The Hall–Kier alpha value is -2.14. The Labute approximate surface area is 113 Å². The molecule has 2 heteroatoms. The summed E-state index contributed by atoms with van der Waals surface area (Å²) in [6, 6.07) is 12.9. The third kappa shape index (κ3) is 1.66. The Balaban J connectivity index is 2.25. The molecule has 94 valence electrons. The number of nitrogens with zero attached hydrogens (tertiary/aromatic N) is 2. The van der Waals surface area contributed by atoms with E-state index in [0.717, 1.165) is 12.1 Å². The van der Waals surface area contributed by atoms with E-state index in [1.807, 2.05) is 13.1 Å². The van der Waals surface area contributed by atoms with Crippen LogP contribution < -0.4 is 0 Å². The summed E-state index contributed by atoms with van der Waals surface area (Å²) in [5.41, 5.74) is 6.12. The number of nitriles is 1. The first-order valence-corrected chi connectivity index (χ1v) is 6.61. The summed E-state index contributed by atoms with van der Waals surface area (Å²) in [5.74, 6) is 0. The maximum atomic E-state index is 8.92. The van der Waals surface area contributed by atoms with Gasteiger partial charge in [-0.3, -0.25) is 4.98 Å². The van der Waals surface area contributed by atoms with Gasteiger partial charge in [-0.15, -0.1) is 0 Å². The molecule has 1 unspecified atom stereocenters. The van der Waals surface area contributed by atoms with E-state index in [2.05, 4.69) is 48.3 Å². The number of hydrogen-bond acceptors (Lipinski definition) is 2. The summed E-state index contributed by atoms with van der Waals surface area (Å²) in [6.07, 6.45) is 3.40. The SMILES string of the molecule is Cc1cc2c(cn1)C(C)(CCC#N)c1ccccc1-2. The number of benzene rings is 1. The molecule has 0 fully saturated rings. The van der Waals surface area contributed by atoms with Crippen molar-refractivity contribution in [2.45, 2.75) is 32.1 Å². The molecule has 3 rings (SSSR count). The van der Waals surface area contributed by atoms with Crippen LogP contribution in [0.15, 0.2) is 36.5 Å². The lowest BCUT2D eigenvalue weighted by molar-refractivity contribution is 0.539. The highest BCUT2D eigenvalue weighted by molar-refractivity contribution is 5.80. The predicted octanol–water partition coefficient (Wildman–Crippen LogP) is 3.98. The molecule has 1 heterocycles. The molecule has 2 nitrogen and oxygen atoms in total. The zero-order chi connectivity index (χ0) is 13.5. The normalized spacial score (nSPS) is 19.6. The van der Waals surface area contributed by atoms with E-state index in [1.165, 1.54) is 22.3 Å². The van der Waals surface area contributed by atoms with Crippen LogP contribution in [0.1, 0.15) is 36.6 Å². The summed E-state index contributed by atoms with van der Waals surface area (Å²) in [4.78, 5) is 4.45. The summed E-state index contributed by atoms with van der Waals surface area (Å²) in [6.45, 7) is 4.25. The first-order chi connectivity index (χ1) is 9.16. The van der Waals surface area contributed by atoms with Gasteiger partial charge >= 0.3 is 0 Å². The second-order valence-corrected chi connectivity index (χ2v) is 5.41. The molecule has 0 radical (unpaired) electrons. The summed E-state index contributed by atoms with van der Waals surface area (Å²) < 4.78 is 0. The van der Waals surface area contributed by atoms with E-state index in [9.17, 15) is 0 Å². The maximum absolute atomic E-state index is 8.92. The highest BCUT2D eigenvalue weighted by Crippen LogP contribution is 2.50. The monoisotopic (exact) mass is 248 g/mol. The highest BCUT2D eigenvalue weighted by Gasteiger charge is 2.38. The quantitative estimate of drug-likeness (QED) is 0.806. The van der Waals surface area contributed by atoms with Gasteiger partial charge in [0.25, 0.3) is 0 Å². The van der Waals surface area contributed by atoms with Crippen LogP contribution in [0.2, 0.25) is 0 Å². The Morgan fingerprint density at radius 2 is 2.00 bits per heavy atom. The molecule has 0 aliphatic heterocycles. The molecule has 19 heavy (non-hydrogen) atoms. The van der Waals surface area contributed by atoms with Crippen LogP contribution in [-0.4, -0.2) is 4.98 Å². The van der Waals surface area contributed by atoms with Crippen molar-refractivity contribution in [3.05, 3.63) is 53.3 Å². The first-order valence-electron chi connectivity index (χ1n) is 6.61. The number of rotatable bonds is 2. The van der Waals surface area contributed by atoms with Crippen molar-refractivity contribution in [3.8, 4) is 17.2 Å². The van der Waals surface area contributed by atoms with Crippen molar-refractivity contribution >= 4 is 0 Å². The third-order valence-electron chi connectivity index (χ3n) is 4.18. The van der Waals surface area contributed by atoms with Crippen LogP contribution in [0.4, 0.5) is 0 Å². The minimum absolute atomic E-state index is 0.0810. The zero-order valence-electron chi connectivity index (χ0n) is 11.3. The van der Waals surface area contributed by atoms with Crippen molar-refractivity contribution in [1.29, 1.82) is 5.26 Å². The Morgan fingerprint density at radius 1 is 1.21 bits per heavy atom. The second-order valence-electron chi connectivity index (χ2n) is 5.41. The molecule has 0 N–H and O–H groups in total. The number of fused-ring (bicyclic) bond motifs is 3. The molecule has 0 saturated heterocycles. The van der Waals surface area contributed by atoms with Crippen LogP contribution in [0.5, 0.6) is 0 Å². The van der Waals surface area contributed by atoms with Gasteiger partial charge in [0.1, 0.15) is 0 Å². The molecule has 1 atom stereocenters. The Kier molecular flexibility index (Phi) is 2.64. The fourth-order valence-corrected chi connectivity index (χ4v) is 3.14. The van der Waals surface area contributed by atoms with E-state index < -0.39 is 0 Å². The van der Waals surface area contributed by atoms with Crippen molar-refractivity contribution in [1.82, 2.24) is 4.98 Å². The van der Waals surface area contributed by atoms with E-state index in [0.29, 0.717) is 6.42 Å². The Morgan fingerprint density at radius 3 is 2.79 bits per heavy atom. The van der Waals surface area contributed by atoms with Crippen molar-refractivity contribution in [2.24, 2.45) is 0 Å². The molecule has 1 aliphatic rings. The largest absolute Gasteiger partial charge is 0.261 e. The molecule has 1 aromatic heterocycles. The number of hydrogen-bond donors (Lipinski definition) is 0. The molecule has 0 saturated carbocycles. The van der Waals surface area contributed by atoms with Gasteiger partial charge in [-0.05, 0) is 41.7 Å². The first kappa shape index (κ1) is 11.9. The minimum Gasteiger partial charge on any atom is -0.261 e. The summed E-state index contributed by atoms with van der Waals surface area (Å²) >= 11 is 0. The molecule has 0 spiro atoms. The van der Waals surface area contributed by atoms with Crippen LogP contribution in [0, 0.1) is 18.3 Å². The van der Waals surface area contributed by atoms with Gasteiger partial charge in [-0.1, -0.05) is 31.2 Å². The fourth-order valence-electron chi connectivity index (χ4n) is 3.14. The predicted molar refractivity (Wildman–Crippen MR) is 75.7 cm³/mol. The molecular formula is C17H16N2. The van der Waals surface area contributed by atoms with E-state index in [-0.39, 0.29) is 5.41 Å². The lowest BCUT2D eigenvalue weighted by Crippen LogP contribution is -2.20. The number of aromatic nitrogens is 1. The van der Waals surface area contributed by atoms with Gasteiger partial charge in [0.05, 0.1) is 6.07 Å². The van der Waals surface area contributed by atoms with Gasteiger partial charge in [0, 0.05) is 23.7 Å². The smallest absolute Gasteiger partial charge is 0.0622 e. The molecule has 0 bridgehead atoms. The molecule has 1 aliphatic carbocycles. The van der Waals surface area contributed by atoms with Crippen molar-refractivity contribution < 1.29 is 0 Å². The average molecular weight is 248 g/mol. The van der Waals surface area contributed by atoms with E-state index in [1.54, 1.807) is 0 Å². The van der Waals surface area contributed by atoms with Gasteiger partial charge in [0.15, 0.2) is 0 Å².